The molecule has 0 spiro atoms. The van der Waals surface area contributed by atoms with Crippen LogP contribution < -0.4 is 0 Å². The van der Waals surface area contributed by atoms with Gasteiger partial charge in [0.25, 0.3) is 5.91 Å². The number of hydrogen-bond acceptors (Lipinski definition) is 6. The van der Waals surface area contributed by atoms with Crippen molar-refractivity contribution in [3.63, 3.8) is 0 Å². The van der Waals surface area contributed by atoms with Gasteiger partial charge in [0.15, 0.2) is 0 Å². The van der Waals surface area contributed by atoms with Crippen molar-refractivity contribution in [3.05, 3.63) is 10.6 Å². The number of hydrogen-bond donors (Lipinski definition) is 0. The highest BCUT2D eigenvalue weighted by atomic mass is 32.1. The number of carbonyl (C=O) groups is 2. The predicted molar refractivity (Wildman–Crippen MR) is 79.2 cm³/mol. The van der Waals surface area contributed by atoms with Crippen molar-refractivity contribution in [1.82, 2.24) is 14.5 Å². The van der Waals surface area contributed by atoms with Gasteiger partial charge in [-0.15, -0.1) is 5.10 Å². The van der Waals surface area contributed by atoms with Crippen LogP contribution in [0.5, 0.6) is 0 Å². The van der Waals surface area contributed by atoms with Crippen LogP contribution in [0.1, 0.15) is 48.5 Å². The molecule has 7 heteroatoms. The van der Waals surface area contributed by atoms with Crippen molar-refractivity contribution >= 4 is 23.4 Å². The van der Waals surface area contributed by atoms with Crippen molar-refractivity contribution in [2.24, 2.45) is 5.92 Å². The minimum absolute atomic E-state index is 0.0533. The van der Waals surface area contributed by atoms with Crippen LogP contribution in [-0.4, -0.2) is 46.1 Å². The number of nitrogens with zero attached hydrogens (tertiary/aromatic N) is 3. The molecular formula is C14H21N3O3S. The molecule has 2 heterocycles. The van der Waals surface area contributed by atoms with Gasteiger partial charge in [-0.1, -0.05) is 17.8 Å². The Morgan fingerprint density at radius 1 is 1.43 bits per heavy atom. The Bertz CT molecular complexity index is 503. The summed E-state index contributed by atoms with van der Waals surface area (Å²) < 4.78 is 8.96. The number of rotatable bonds is 5. The molecule has 1 aliphatic heterocycles. The van der Waals surface area contributed by atoms with E-state index in [-0.39, 0.29) is 17.8 Å². The van der Waals surface area contributed by atoms with Crippen LogP contribution in [-0.2, 0) is 16.0 Å². The second-order valence-electron chi connectivity index (χ2n) is 5.14. The quantitative estimate of drug-likeness (QED) is 0.777. The molecule has 1 fully saturated rings. The number of likely N-dealkylation sites (tertiary alicyclic amines) is 1. The Kier molecular flexibility index (Phi) is 5.67. The van der Waals surface area contributed by atoms with E-state index < -0.39 is 0 Å². The molecule has 1 aromatic heterocycles. The Labute approximate surface area is 128 Å². The Morgan fingerprint density at radius 2 is 2.24 bits per heavy atom. The standard InChI is InChI=1S/C14H21N3O3S/c1-3-6-11-12(21-16-15-11)13(18)17-8-5-7-10(9-17)14(19)20-4-2/h10H,3-9H2,1-2H3/t10-/m0/s1. The highest BCUT2D eigenvalue weighted by Gasteiger charge is 2.31. The average Bonchev–Trinajstić information content (AvgIpc) is 2.95. The maximum atomic E-state index is 12.6. The average molecular weight is 311 g/mol. The van der Waals surface area contributed by atoms with E-state index in [0.29, 0.717) is 24.6 Å². The van der Waals surface area contributed by atoms with Crippen molar-refractivity contribution in [1.29, 1.82) is 0 Å². The monoisotopic (exact) mass is 311 g/mol. The maximum Gasteiger partial charge on any atom is 0.310 e. The predicted octanol–water partition coefficient (Wildman–Crippen LogP) is 1.91. The summed E-state index contributed by atoms with van der Waals surface area (Å²) in [4.78, 5) is 26.8. The number of aryl methyl sites for hydroxylation is 1. The van der Waals surface area contributed by atoms with Crippen LogP contribution in [0.2, 0.25) is 0 Å². The van der Waals surface area contributed by atoms with Gasteiger partial charge in [0, 0.05) is 13.1 Å². The van der Waals surface area contributed by atoms with Crippen LogP contribution in [0.25, 0.3) is 0 Å². The lowest BCUT2D eigenvalue weighted by atomic mass is 9.98. The molecule has 0 radical (unpaired) electrons. The topological polar surface area (TPSA) is 72.4 Å². The van der Waals surface area contributed by atoms with Crippen LogP contribution in [0.3, 0.4) is 0 Å². The summed E-state index contributed by atoms with van der Waals surface area (Å²) in [5.74, 6) is -0.466. The van der Waals surface area contributed by atoms with E-state index in [0.717, 1.165) is 42.9 Å². The van der Waals surface area contributed by atoms with Gasteiger partial charge in [-0.05, 0) is 37.7 Å². The molecule has 6 nitrogen and oxygen atoms in total. The van der Waals surface area contributed by atoms with Crippen molar-refractivity contribution in [3.8, 4) is 0 Å². The first-order valence-electron chi connectivity index (χ1n) is 7.44. The smallest absolute Gasteiger partial charge is 0.310 e. The first-order valence-corrected chi connectivity index (χ1v) is 8.21. The van der Waals surface area contributed by atoms with E-state index in [4.69, 9.17) is 4.74 Å². The Hall–Kier alpha value is -1.50. The van der Waals surface area contributed by atoms with E-state index in [1.165, 1.54) is 0 Å². The van der Waals surface area contributed by atoms with Gasteiger partial charge in [-0.3, -0.25) is 9.59 Å². The zero-order chi connectivity index (χ0) is 15.2. The van der Waals surface area contributed by atoms with Crippen LogP contribution in [0.15, 0.2) is 0 Å². The largest absolute Gasteiger partial charge is 0.466 e. The molecule has 116 valence electrons. The number of piperidine rings is 1. The summed E-state index contributed by atoms with van der Waals surface area (Å²) >= 11 is 1.14. The molecule has 0 N–H and O–H groups in total. The number of amides is 1. The molecule has 0 aromatic carbocycles. The second kappa shape index (κ2) is 7.49. The molecule has 1 atom stereocenters. The maximum absolute atomic E-state index is 12.6. The van der Waals surface area contributed by atoms with Gasteiger partial charge in [0.1, 0.15) is 4.88 Å². The first kappa shape index (κ1) is 15.9. The van der Waals surface area contributed by atoms with Crippen molar-refractivity contribution in [2.75, 3.05) is 19.7 Å². The van der Waals surface area contributed by atoms with E-state index in [9.17, 15) is 9.59 Å². The molecule has 2 rings (SSSR count). The molecule has 21 heavy (non-hydrogen) atoms. The summed E-state index contributed by atoms with van der Waals surface area (Å²) in [7, 11) is 0. The van der Waals surface area contributed by atoms with Gasteiger partial charge < -0.3 is 9.64 Å². The summed E-state index contributed by atoms with van der Waals surface area (Å²) in [5, 5.41) is 4.03. The lowest BCUT2D eigenvalue weighted by molar-refractivity contribution is -0.149. The Morgan fingerprint density at radius 3 is 2.95 bits per heavy atom. The van der Waals surface area contributed by atoms with Gasteiger partial charge in [-0.2, -0.15) is 0 Å². The zero-order valence-corrected chi connectivity index (χ0v) is 13.3. The fourth-order valence-electron chi connectivity index (χ4n) is 2.53. The zero-order valence-electron chi connectivity index (χ0n) is 12.5. The molecule has 0 saturated carbocycles. The second-order valence-corrected chi connectivity index (χ2v) is 5.90. The van der Waals surface area contributed by atoms with E-state index >= 15 is 0 Å². The summed E-state index contributed by atoms with van der Waals surface area (Å²) in [6.07, 6.45) is 3.29. The van der Waals surface area contributed by atoms with Gasteiger partial charge in [0.05, 0.1) is 18.2 Å². The highest BCUT2D eigenvalue weighted by molar-refractivity contribution is 7.08. The molecule has 0 bridgehead atoms. The molecule has 1 saturated heterocycles. The molecular weight excluding hydrogens is 290 g/mol. The van der Waals surface area contributed by atoms with Crippen LogP contribution in [0, 0.1) is 5.92 Å². The molecule has 1 aromatic rings. The molecule has 0 unspecified atom stereocenters. The minimum Gasteiger partial charge on any atom is -0.466 e. The molecule has 0 aliphatic carbocycles. The number of aromatic nitrogens is 2. The third kappa shape index (κ3) is 3.78. The Balaban J connectivity index is 2.05. The van der Waals surface area contributed by atoms with Gasteiger partial charge in [0.2, 0.25) is 0 Å². The fraction of sp³-hybridized carbons (Fsp3) is 0.714. The third-order valence-electron chi connectivity index (χ3n) is 3.57. The third-order valence-corrected chi connectivity index (χ3v) is 4.32. The van der Waals surface area contributed by atoms with E-state index in [1.54, 1.807) is 11.8 Å². The van der Waals surface area contributed by atoms with Crippen molar-refractivity contribution < 1.29 is 14.3 Å². The molecule has 1 aliphatic rings. The first-order chi connectivity index (χ1) is 10.2. The van der Waals surface area contributed by atoms with Crippen molar-refractivity contribution in [2.45, 2.75) is 39.5 Å². The van der Waals surface area contributed by atoms with Crippen LogP contribution >= 0.6 is 11.5 Å². The number of esters is 1. The number of carbonyl (C=O) groups excluding carboxylic acids is 2. The fourth-order valence-corrected chi connectivity index (χ4v) is 3.21. The lowest BCUT2D eigenvalue weighted by Gasteiger charge is -2.31. The van der Waals surface area contributed by atoms with E-state index in [1.807, 2.05) is 6.92 Å². The SMILES string of the molecule is CCCc1nnsc1C(=O)N1CCC[C@H](C(=O)OCC)C1. The number of ether oxygens (including phenoxy) is 1. The van der Waals surface area contributed by atoms with Crippen LogP contribution in [0.4, 0.5) is 0 Å². The van der Waals surface area contributed by atoms with Gasteiger partial charge in [-0.25, -0.2) is 0 Å². The highest BCUT2D eigenvalue weighted by Crippen LogP contribution is 2.22. The van der Waals surface area contributed by atoms with Gasteiger partial charge >= 0.3 is 5.97 Å². The summed E-state index contributed by atoms with van der Waals surface area (Å²) in [6.45, 7) is 5.33. The summed E-state index contributed by atoms with van der Waals surface area (Å²) in [6, 6.07) is 0. The summed E-state index contributed by atoms with van der Waals surface area (Å²) in [5.41, 5.74) is 0.769. The van der Waals surface area contributed by atoms with E-state index in [2.05, 4.69) is 9.59 Å². The lowest BCUT2D eigenvalue weighted by Crippen LogP contribution is -2.42. The minimum atomic E-state index is -0.210. The molecule has 1 amide bonds. The normalized spacial score (nSPS) is 18.6.